The van der Waals surface area contributed by atoms with Crippen LogP contribution >= 0.6 is 23.2 Å². The van der Waals surface area contributed by atoms with Crippen LogP contribution in [0.5, 0.6) is 11.5 Å². The number of nitrogens with one attached hydrogen (secondary N) is 1. The summed E-state index contributed by atoms with van der Waals surface area (Å²) in [4.78, 5) is 28.6. The minimum atomic E-state index is -0.778. The van der Waals surface area contributed by atoms with E-state index in [0.717, 1.165) is 5.56 Å². The van der Waals surface area contributed by atoms with Gasteiger partial charge in [-0.3, -0.25) is 9.59 Å². The fourth-order valence-corrected chi connectivity index (χ4v) is 4.18. The van der Waals surface area contributed by atoms with Crippen molar-refractivity contribution >= 4 is 35.0 Å². The average Bonchev–Trinajstić information content (AvgIpc) is 2.89. The molecule has 1 unspecified atom stereocenters. The van der Waals surface area contributed by atoms with E-state index in [1.54, 1.807) is 49.6 Å². The smallest absolute Gasteiger partial charge is 0.261 e. The average molecular weight is 543 g/mol. The highest BCUT2D eigenvalue weighted by Gasteiger charge is 2.31. The molecule has 6 nitrogen and oxygen atoms in total. The van der Waals surface area contributed by atoms with E-state index in [4.69, 9.17) is 32.7 Å². The molecule has 0 aliphatic rings. The standard InChI is InChI=1S/C29H32Cl2N2O4/c1-20(2)17-32-29(35)27(15-21-7-5-4-6-8-21)33(18-22-9-10-23(30)16-26(22)31)28(34)19-37-25-13-11-24(36-3)12-14-25/h4-14,16,20,27H,15,17-19H2,1-3H3,(H,32,35). The third kappa shape index (κ3) is 8.69. The van der Waals surface area contributed by atoms with Crippen molar-refractivity contribution in [3.63, 3.8) is 0 Å². The lowest BCUT2D eigenvalue weighted by Gasteiger charge is -2.32. The molecule has 0 saturated carbocycles. The van der Waals surface area contributed by atoms with Gasteiger partial charge in [0.05, 0.1) is 7.11 Å². The van der Waals surface area contributed by atoms with Crippen molar-refractivity contribution in [1.82, 2.24) is 10.2 Å². The highest BCUT2D eigenvalue weighted by molar-refractivity contribution is 6.35. The zero-order chi connectivity index (χ0) is 26.8. The number of carbonyl (C=O) groups is 2. The third-order valence-electron chi connectivity index (χ3n) is 5.73. The minimum absolute atomic E-state index is 0.118. The number of carbonyl (C=O) groups excluding carboxylic acids is 2. The van der Waals surface area contributed by atoms with E-state index in [9.17, 15) is 9.59 Å². The van der Waals surface area contributed by atoms with Gasteiger partial charge in [0, 0.05) is 29.6 Å². The van der Waals surface area contributed by atoms with Gasteiger partial charge < -0.3 is 19.7 Å². The first kappa shape index (κ1) is 28.4. The molecular weight excluding hydrogens is 511 g/mol. The van der Waals surface area contributed by atoms with Crippen LogP contribution in [-0.4, -0.2) is 43.0 Å². The summed E-state index contributed by atoms with van der Waals surface area (Å²) in [5.41, 5.74) is 1.61. The Kier molecular flexibility index (Phi) is 10.7. The summed E-state index contributed by atoms with van der Waals surface area (Å²) >= 11 is 12.5. The Morgan fingerprint density at radius 1 is 0.946 bits per heavy atom. The van der Waals surface area contributed by atoms with Crippen molar-refractivity contribution in [2.24, 2.45) is 5.92 Å². The quantitative estimate of drug-likeness (QED) is 0.314. The van der Waals surface area contributed by atoms with Crippen LogP contribution < -0.4 is 14.8 Å². The van der Waals surface area contributed by atoms with Crippen LogP contribution in [0, 0.1) is 5.92 Å². The molecule has 196 valence electrons. The molecule has 3 rings (SSSR count). The van der Waals surface area contributed by atoms with Gasteiger partial charge in [0.25, 0.3) is 5.91 Å². The van der Waals surface area contributed by atoms with Crippen LogP contribution in [0.15, 0.2) is 72.8 Å². The maximum Gasteiger partial charge on any atom is 0.261 e. The number of methoxy groups -OCH3 is 1. The summed E-state index contributed by atoms with van der Waals surface area (Å²) in [5.74, 6) is 0.877. The van der Waals surface area contributed by atoms with Crippen molar-refractivity contribution in [1.29, 1.82) is 0 Å². The summed E-state index contributed by atoms with van der Waals surface area (Å²) in [6.07, 6.45) is 0.338. The van der Waals surface area contributed by atoms with Gasteiger partial charge in [-0.05, 0) is 53.4 Å². The Hall–Kier alpha value is -3.22. The van der Waals surface area contributed by atoms with E-state index >= 15 is 0 Å². The lowest BCUT2D eigenvalue weighted by Crippen LogP contribution is -2.52. The molecule has 0 saturated heterocycles. The SMILES string of the molecule is COc1ccc(OCC(=O)N(Cc2ccc(Cl)cc2Cl)C(Cc2ccccc2)C(=O)NCC(C)C)cc1. The molecule has 8 heteroatoms. The van der Waals surface area contributed by atoms with Crippen LogP contribution in [0.3, 0.4) is 0 Å². The number of hydrogen-bond acceptors (Lipinski definition) is 4. The van der Waals surface area contributed by atoms with Gasteiger partial charge in [0.15, 0.2) is 6.61 Å². The summed E-state index contributed by atoms with van der Waals surface area (Å²) in [6, 6.07) is 20.9. The Morgan fingerprint density at radius 3 is 2.24 bits per heavy atom. The van der Waals surface area contributed by atoms with Gasteiger partial charge in [0.1, 0.15) is 17.5 Å². The number of hydrogen-bond donors (Lipinski definition) is 1. The van der Waals surface area contributed by atoms with Crippen molar-refractivity contribution in [3.05, 3.63) is 94.0 Å². The molecule has 0 spiro atoms. The number of nitrogens with zero attached hydrogens (tertiary/aromatic N) is 1. The Balaban J connectivity index is 1.91. The first-order valence-corrected chi connectivity index (χ1v) is 12.8. The maximum absolute atomic E-state index is 13.6. The lowest BCUT2D eigenvalue weighted by molar-refractivity contribution is -0.142. The predicted octanol–water partition coefficient (Wildman–Crippen LogP) is 5.79. The summed E-state index contributed by atoms with van der Waals surface area (Å²) in [7, 11) is 1.58. The molecular formula is C29H32Cl2N2O4. The highest BCUT2D eigenvalue weighted by Crippen LogP contribution is 2.24. The molecule has 1 atom stereocenters. The molecule has 0 aliphatic heterocycles. The van der Waals surface area contributed by atoms with Crippen molar-refractivity contribution in [2.45, 2.75) is 32.9 Å². The first-order chi connectivity index (χ1) is 17.8. The highest BCUT2D eigenvalue weighted by atomic mass is 35.5. The molecule has 0 fully saturated rings. The largest absolute Gasteiger partial charge is 0.497 e. The number of rotatable bonds is 12. The van der Waals surface area contributed by atoms with Gasteiger partial charge in [-0.2, -0.15) is 0 Å². The molecule has 3 aromatic carbocycles. The molecule has 0 heterocycles. The lowest BCUT2D eigenvalue weighted by atomic mass is 10.0. The zero-order valence-electron chi connectivity index (χ0n) is 21.2. The van der Waals surface area contributed by atoms with E-state index in [0.29, 0.717) is 40.1 Å². The molecule has 0 aromatic heterocycles. The van der Waals surface area contributed by atoms with Crippen molar-refractivity contribution in [2.75, 3.05) is 20.3 Å². The fraction of sp³-hybridized carbons (Fsp3) is 0.310. The molecule has 0 radical (unpaired) electrons. The van der Waals surface area contributed by atoms with Crippen LogP contribution in [-0.2, 0) is 22.6 Å². The molecule has 3 aromatic rings. The van der Waals surface area contributed by atoms with Gasteiger partial charge >= 0.3 is 0 Å². The van der Waals surface area contributed by atoms with Gasteiger partial charge in [-0.1, -0.05) is 73.4 Å². The minimum Gasteiger partial charge on any atom is -0.497 e. The van der Waals surface area contributed by atoms with E-state index in [1.165, 1.54) is 4.90 Å². The molecule has 1 N–H and O–H groups in total. The van der Waals surface area contributed by atoms with Crippen molar-refractivity contribution in [3.8, 4) is 11.5 Å². The van der Waals surface area contributed by atoms with E-state index < -0.39 is 6.04 Å². The van der Waals surface area contributed by atoms with Crippen LogP contribution in [0.25, 0.3) is 0 Å². The van der Waals surface area contributed by atoms with E-state index in [2.05, 4.69) is 5.32 Å². The molecule has 0 aliphatic carbocycles. The second-order valence-electron chi connectivity index (χ2n) is 9.07. The van der Waals surface area contributed by atoms with Gasteiger partial charge in [-0.15, -0.1) is 0 Å². The number of amides is 2. The second-order valence-corrected chi connectivity index (χ2v) is 9.91. The second kappa shape index (κ2) is 13.9. The summed E-state index contributed by atoms with van der Waals surface area (Å²) in [5, 5.41) is 3.90. The topological polar surface area (TPSA) is 67.9 Å². The molecule has 37 heavy (non-hydrogen) atoms. The van der Waals surface area contributed by atoms with Crippen LogP contribution in [0.2, 0.25) is 10.0 Å². The third-order valence-corrected chi connectivity index (χ3v) is 6.32. The Bertz CT molecular complexity index is 1170. The summed E-state index contributed by atoms with van der Waals surface area (Å²) in [6.45, 7) is 4.40. The predicted molar refractivity (Wildman–Crippen MR) is 147 cm³/mol. The summed E-state index contributed by atoms with van der Waals surface area (Å²) < 4.78 is 11.0. The van der Waals surface area contributed by atoms with Crippen LogP contribution in [0.4, 0.5) is 0 Å². The number of ether oxygens (including phenoxy) is 2. The first-order valence-electron chi connectivity index (χ1n) is 12.1. The van der Waals surface area contributed by atoms with E-state index in [-0.39, 0.29) is 30.9 Å². The normalized spacial score (nSPS) is 11.6. The number of benzene rings is 3. The van der Waals surface area contributed by atoms with E-state index in [1.807, 2.05) is 44.2 Å². The zero-order valence-corrected chi connectivity index (χ0v) is 22.8. The van der Waals surface area contributed by atoms with Crippen molar-refractivity contribution < 1.29 is 19.1 Å². The van der Waals surface area contributed by atoms with Gasteiger partial charge in [0.2, 0.25) is 5.91 Å². The number of halogens is 2. The van der Waals surface area contributed by atoms with Crippen LogP contribution in [0.1, 0.15) is 25.0 Å². The fourth-order valence-electron chi connectivity index (χ4n) is 3.71. The van der Waals surface area contributed by atoms with Gasteiger partial charge in [-0.25, -0.2) is 0 Å². The molecule has 2 amide bonds. The maximum atomic E-state index is 13.6. The monoisotopic (exact) mass is 542 g/mol. The molecule has 0 bridgehead atoms. The Labute approximate surface area is 228 Å². The Morgan fingerprint density at radius 2 is 1.62 bits per heavy atom.